The first kappa shape index (κ1) is 10.3. The normalized spacial score (nSPS) is 13.1. The van der Waals surface area contributed by atoms with E-state index in [1.54, 1.807) is 18.8 Å². The van der Waals surface area contributed by atoms with Gasteiger partial charge in [0.1, 0.15) is 0 Å². The summed E-state index contributed by atoms with van der Waals surface area (Å²) in [4.78, 5) is 10.9. The van der Waals surface area contributed by atoms with E-state index in [9.17, 15) is 4.79 Å². The number of ketones is 1. The second-order valence-electron chi connectivity index (χ2n) is 1.90. The molecule has 0 aromatic heterocycles. The third-order valence-electron chi connectivity index (χ3n) is 1.20. The van der Waals surface area contributed by atoms with Crippen molar-refractivity contribution in [3.05, 3.63) is 0 Å². The fourth-order valence-electron chi connectivity index (χ4n) is 0.597. The molecule has 0 saturated carbocycles. The molecule has 1 unspecified atom stereocenters. The number of Topliss-reactive ketones (excluding diaryl/α,β-unsaturated/α-hetero) is 1. The van der Waals surface area contributed by atoms with Crippen LogP contribution in [0.4, 0.5) is 0 Å². The topological polar surface area (TPSA) is 29.1 Å². The van der Waals surface area contributed by atoms with Gasteiger partial charge in [-0.15, -0.1) is 11.6 Å². The van der Waals surface area contributed by atoms with Crippen LogP contribution in [0.3, 0.4) is 0 Å². The van der Waals surface area contributed by atoms with E-state index < -0.39 is 0 Å². The molecule has 4 heteroatoms. The maximum absolute atomic E-state index is 10.9. The number of alkyl halides is 1. The van der Waals surface area contributed by atoms with E-state index in [-0.39, 0.29) is 17.7 Å². The van der Waals surface area contributed by atoms with E-state index >= 15 is 0 Å². The summed E-state index contributed by atoms with van der Waals surface area (Å²) in [5.41, 5.74) is 0. The minimum absolute atomic E-state index is 0.0681. The van der Waals surface area contributed by atoms with E-state index in [1.165, 1.54) is 0 Å². The molecule has 1 atom stereocenters. The summed E-state index contributed by atoms with van der Waals surface area (Å²) in [7, 11) is 1.77. The van der Waals surface area contributed by atoms with Gasteiger partial charge >= 0.3 is 0 Å². The van der Waals surface area contributed by atoms with Gasteiger partial charge in [-0.1, -0.05) is 0 Å². The van der Waals surface area contributed by atoms with Crippen LogP contribution in [-0.2, 0) is 4.79 Å². The van der Waals surface area contributed by atoms with Crippen molar-refractivity contribution >= 4 is 29.1 Å². The number of halogens is 1. The van der Waals surface area contributed by atoms with Crippen LogP contribution in [0.25, 0.3) is 0 Å². The number of carbonyl (C=O) groups is 1. The molecule has 0 spiro atoms. The van der Waals surface area contributed by atoms with Crippen molar-refractivity contribution < 1.29 is 4.79 Å². The molecule has 0 aliphatic carbocycles. The van der Waals surface area contributed by atoms with Gasteiger partial charge in [0, 0.05) is 5.75 Å². The van der Waals surface area contributed by atoms with Gasteiger partial charge in [0.2, 0.25) is 0 Å². The summed E-state index contributed by atoms with van der Waals surface area (Å²) < 4.78 is 0. The summed E-state index contributed by atoms with van der Waals surface area (Å²) in [5.74, 6) is 0.965. The van der Waals surface area contributed by atoms with Gasteiger partial charge in [-0.05, 0) is 13.3 Å². The molecular weight excluding hydrogens is 170 g/mol. The molecule has 1 N–H and O–H groups in total. The van der Waals surface area contributed by atoms with E-state index in [1.807, 2.05) is 6.26 Å². The Kier molecular flexibility index (Phi) is 6.17. The number of carbonyl (C=O) groups excluding carboxylic acids is 1. The van der Waals surface area contributed by atoms with Crippen LogP contribution in [0, 0.1) is 0 Å². The monoisotopic (exact) mass is 181 g/mol. The second kappa shape index (κ2) is 6.01. The lowest BCUT2D eigenvalue weighted by Gasteiger charge is -2.10. The highest BCUT2D eigenvalue weighted by molar-refractivity contribution is 7.98. The largest absolute Gasteiger partial charge is 0.310 e. The van der Waals surface area contributed by atoms with Crippen LogP contribution < -0.4 is 5.32 Å². The number of thioether (sulfide) groups is 1. The molecule has 2 nitrogen and oxygen atoms in total. The Bertz CT molecular complexity index is 110. The number of likely N-dealkylation sites (N-methyl/N-ethyl adjacent to an activating group) is 1. The van der Waals surface area contributed by atoms with Crippen LogP contribution in [-0.4, -0.2) is 36.8 Å². The Morgan fingerprint density at radius 2 is 2.40 bits per heavy atom. The predicted molar refractivity (Wildman–Crippen MR) is 47.0 cm³/mol. The molecule has 0 saturated heterocycles. The molecule has 10 heavy (non-hydrogen) atoms. The van der Waals surface area contributed by atoms with E-state index in [4.69, 9.17) is 11.6 Å². The van der Waals surface area contributed by atoms with Crippen LogP contribution in [0.5, 0.6) is 0 Å². The zero-order chi connectivity index (χ0) is 7.98. The Morgan fingerprint density at radius 1 is 1.80 bits per heavy atom. The van der Waals surface area contributed by atoms with Crippen LogP contribution >= 0.6 is 23.4 Å². The highest BCUT2D eigenvalue weighted by atomic mass is 35.5. The number of hydrogen-bond acceptors (Lipinski definition) is 3. The van der Waals surface area contributed by atoms with Crippen molar-refractivity contribution in [3.8, 4) is 0 Å². The summed E-state index contributed by atoms with van der Waals surface area (Å²) in [6.45, 7) is 0. The molecule has 0 aromatic rings. The van der Waals surface area contributed by atoms with Crippen molar-refractivity contribution in [1.29, 1.82) is 0 Å². The van der Waals surface area contributed by atoms with Crippen LogP contribution in [0.1, 0.15) is 0 Å². The molecule has 0 amide bonds. The first-order valence-electron chi connectivity index (χ1n) is 3.01. The third kappa shape index (κ3) is 3.44. The Labute approximate surface area is 70.7 Å². The molecular formula is C6H12ClNOS. The minimum Gasteiger partial charge on any atom is -0.310 e. The number of hydrogen-bond donors (Lipinski definition) is 1. The van der Waals surface area contributed by atoms with Crippen molar-refractivity contribution in [2.24, 2.45) is 0 Å². The smallest absolute Gasteiger partial charge is 0.165 e. The van der Waals surface area contributed by atoms with Gasteiger partial charge < -0.3 is 5.32 Å². The maximum Gasteiger partial charge on any atom is 0.165 e. The van der Waals surface area contributed by atoms with Gasteiger partial charge in [-0.25, -0.2) is 0 Å². The first-order chi connectivity index (χ1) is 4.76. The fourth-order valence-corrected chi connectivity index (χ4v) is 1.47. The summed E-state index contributed by atoms with van der Waals surface area (Å²) in [6, 6.07) is -0.0764. The number of nitrogens with one attached hydrogen (secondary N) is 1. The maximum atomic E-state index is 10.9. The zero-order valence-corrected chi connectivity index (χ0v) is 7.76. The van der Waals surface area contributed by atoms with E-state index in [2.05, 4.69) is 5.32 Å². The third-order valence-corrected chi connectivity index (χ3v) is 2.13. The highest BCUT2D eigenvalue weighted by Gasteiger charge is 2.13. The summed E-state index contributed by atoms with van der Waals surface area (Å²) in [5, 5.41) is 2.90. The molecule has 0 bridgehead atoms. The molecule has 60 valence electrons. The average molecular weight is 182 g/mol. The van der Waals surface area contributed by atoms with Gasteiger partial charge in [0.15, 0.2) is 5.78 Å². The SMILES string of the molecule is CNC(CSC)C(=O)CCl. The van der Waals surface area contributed by atoms with Crippen molar-refractivity contribution in [2.45, 2.75) is 6.04 Å². The molecule has 0 radical (unpaired) electrons. The second-order valence-corrected chi connectivity index (χ2v) is 3.07. The summed E-state index contributed by atoms with van der Waals surface area (Å²) in [6.07, 6.45) is 1.96. The molecule has 0 heterocycles. The van der Waals surface area contributed by atoms with Crippen molar-refractivity contribution in [3.63, 3.8) is 0 Å². The number of rotatable bonds is 5. The molecule has 0 rings (SSSR count). The van der Waals surface area contributed by atoms with Crippen LogP contribution in [0.2, 0.25) is 0 Å². The predicted octanol–water partition coefficient (Wildman–Crippen LogP) is 0.745. The average Bonchev–Trinajstić information content (AvgIpc) is 1.99. The quantitative estimate of drug-likeness (QED) is 0.635. The van der Waals surface area contributed by atoms with Gasteiger partial charge in [0.05, 0.1) is 11.9 Å². The lowest BCUT2D eigenvalue weighted by molar-refractivity contribution is -0.118. The zero-order valence-electron chi connectivity index (χ0n) is 6.19. The molecule has 0 aliphatic heterocycles. The Morgan fingerprint density at radius 3 is 2.70 bits per heavy atom. The van der Waals surface area contributed by atoms with E-state index in [0.29, 0.717) is 0 Å². The molecule has 0 aromatic carbocycles. The first-order valence-corrected chi connectivity index (χ1v) is 4.94. The Balaban J connectivity index is 3.68. The summed E-state index contributed by atoms with van der Waals surface area (Å²) >= 11 is 7.00. The van der Waals surface area contributed by atoms with Crippen LogP contribution in [0.15, 0.2) is 0 Å². The molecule has 0 aliphatic rings. The van der Waals surface area contributed by atoms with Crippen molar-refractivity contribution in [1.82, 2.24) is 5.32 Å². The standard InChI is InChI=1S/C6H12ClNOS/c1-8-5(4-10-2)6(9)3-7/h5,8H,3-4H2,1-2H3. The lowest BCUT2D eigenvalue weighted by atomic mass is 10.2. The van der Waals surface area contributed by atoms with Gasteiger partial charge in [0.25, 0.3) is 0 Å². The van der Waals surface area contributed by atoms with Gasteiger partial charge in [-0.2, -0.15) is 11.8 Å². The minimum atomic E-state index is -0.0764. The van der Waals surface area contributed by atoms with Gasteiger partial charge in [-0.3, -0.25) is 4.79 Å². The highest BCUT2D eigenvalue weighted by Crippen LogP contribution is 1.98. The lowest BCUT2D eigenvalue weighted by Crippen LogP contribution is -2.37. The molecule has 0 fully saturated rings. The fraction of sp³-hybridized carbons (Fsp3) is 0.833. The van der Waals surface area contributed by atoms with E-state index in [0.717, 1.165) is 5.75 Å². The van der Waals surface area contributed by atoms with Crippen molar-refractivity contribution in [2.75, 3.05) is 24.9 Å². The Hall–Kier alpha value is 0.270.